The normalized spacial score (nSPS) is 11.2. The number of nitrogens with zero attached hydrogens (tertiary/aromatic N) is 2. The van der Waals surface area contributed by atoms with Gasteiger partial charge in [0.25, 0.3) is 5.89 Å². The van der Waals surface area contributed by atoms with Crippen LogP contribution in [0.3, 0.4) is 0 Å². The lowest BCUT2D eigenvalue weighted by Crippen LogP contribution is -2.14. The molecule has 0 aliphatic rings. The molecule has 0 spiro atoms. The van der Waals surface area contributed by atoms with Gasteiger partial charge in [0.1, 0.15) is 10.6 Å². The molecular formula is C17H14ClN3O6S. The number of halogens is 1. The summed E-state index contributed by atoms with van der Waals surface area (Å²) < 4.78 is 38.3. The Morgan fingerprint density at radius 2 is 2.04 bits per heavy atom. The summed E-state index contributed by atoms with van der Waals surface area (Å²) >= 11 is 5.79. The standard InChI is InChI=1S/C17H14ClN3O6S/c1-25-12-4-2-3-10(7-12)16-20-15(27-21-16)9-26-17(22)11-5-6-13(18)14(8-11)28(19,23)24/h2-8H,9H2,1H3,(H2,19,23,24). The minimum Gasteiger partial charge on any atom is -0.497 e. The minimum absolute atomic E-state index is 0.0408. The van der Waals surface area contributed by atoms with Crippen molar-refractivity contribution in [2.45, 2.75) is 11.5 Å². The zero-order valence-electron chi connectivity index (χ0n) is 14.5. The summed E-state index contributed by atoms with van der Waals surface area (Å²) in [7, 11) is -2.54. The first kappa shape index (κ1) is 19.8. The summed E-state index contributed by atoms with van der Waals surface area (Å²) in [6, 6.07) is 10.6. The molecule has 146 valence electrons. The molecule has 0 saturated carbocycles. The number of sulfonamides is 1. The molecule has 11 heteroatoms. The van der Waals surface area contributed by atoms with Crippen molar-refractivity contribution in [2.24, 2.45) is 5.14 Å². The van der Waals surface area contributed by atoms with Gasteiger partial charge in [-0.15, -0.1) is 0 Å². The highest BCUT2D eigenvalue weighted by atomic mass is 35.5. The van der Waals surface area contributed by atoms with E-state index in [-0.39, 0.29) is 28.0 Å². The number of carbonyl (C=O) groups excluding carboxylic acids is 1. The van der Waals surface area contributed by atoms with Crippen LogP contribution in [0.15, 0.2) is 51.9 Å². The molecule has 3 aromatic rings. The molecular weight excluding hydrogens is 410 g/mol. The van der Waals surface area contributed by atoms with Crippen molar-refractivity contribution in [1.29, 1.82) is 0 Å². The van der Waals surface area contributed by atoms with E-state index in [9.17, 15) is 13.2 Å². The number of primary sulfonamides is 1. The Bertz CT molecular complexity index is 1130. The molecule has 0 atom stereocenters. The number of aromatic nitrogens is 2. The third kappa shape index (κ3) is 4.47. The fourth-order valence-electron chi connectivity index (χ4n) is 2.25. The first-order valence-corrected chi connectivity index (χ1v) is 9.67. The van der Waals surface area contributed by atoms with Gasteiger partial charge < -0.3 is 14.0 Å². The molecule has 0 unspecified atom stereocenters. The number of ether oxygens (including phenoxy) is 2. The topological polar surface area (TPSA) is 135 Å². The molecule has 0 amide bonds. The Balaban J connectivity index is 1.71. The molecule has 0 aliphatic carbocycles. The quantitative estimate of drug-likeness (QED) is 0.597. The van der Waals surface area contributed by atoms with Gasteiger partial charge >= 0.3 is 5.97 Å². The number of nitrogens with two attached hydrogens (primary N) is 1. The van der Waals surface area contributed by atoms with E-state index in [4.69, 9.17) is 30.7 Å². The van der Waals surface area contributed by atoms with Crippen molar-refractivity contribution in [2.75, 3.05) is 7.11 Å². The van der Waals surface area contributed by atoms with Gasteiger partial charge in [0, 0.05) is 5.56 Å². The number of methoxy groups -OCH3 is 1. The number of esters is 1. The fraction of sp³-hybridized carbons (Fsp3) is 0.118. The highest BCUT2D eigenvalue weighted by molar-refractivity contribution is 7.89. The van der Waals surface area contributed by atoms with Crippen LogP contribution in [-0.4, -0.2) is 31.6 Å². The number of hydrogen-bond donors (Lipinski definition) is 1. The summed E-state index contributed by atoms with van der Waals surface area (Å²) in [5, 5.41) is 8.79. The summed E-state index contributed by atoms with van der Waals surface area (Å²) in [6.45, 7) is -0.302. The van der Waals surface area contributed by atoms with E-state index in [2.05, 4.69) is 10.1 Å². The third-order valence-corrected chi connectivity index (χ3v) is 4.99. The lowest BCUT2D eigenvalue weighted by Gasteiger charge is -2.05. The number of rotatable bonds is 6. The lowest BCUT2D eigenvalue weighted by molar-refractivity contribution is 0.0429. The molecule has 9 nitrogen and oxygen atoms in total. The zero-order chi connectivity index (χ0) is 20.3. The molecule has 2 N–H and O–H groups in total. The Kier molecular flexibility index (Phi) is 5.63. The molecule has 0 bridgehead atoms. The Morgan fingerprint density at radius 1 is 1.25 bits per heavy atom. The number of hydrogen-bond acceptors (Lipinski definition) is 8. The molecule has 0 aliphatic heterocycles. The Hall–Kier alpha value is -2.95. The first-order valence-electron chi connectivity index (χ1n) is 7.74. The van der Waals surface area contributed by atoms with Crippen LogP contribution < -0.4 is 9.88 Å². The van der Waals surface area contributed by atoms with Crippen LogP contribution in [0.1, 0.15) is 16.2 Å². The maximum atomic E-state index is 12.2. The zero-order valence-corrected chi connectivity index (χ0v) is 16.0. The lowest BCUT2D eigenvalue weighted by atomic mass is 10.2. The average molecular weight is 424 g/mol. The van der Waals surface area contributed by atoms with Crippen molar-refractivity contribution < 1.29 is 27.2 Å². The van der Waals surface area contributed by atoms with E-state index in [0.29, 0.717) is 17.1 Å². The largest absolute Gasteiger partial charge is 0.497 e. The van der Waals surface area contributed by atoms with Gasteiger partial charge in [-0.25, -0.2) is 18.4 Å². The van der Waals surface area contributed by atoms with Crippen LogP contribution in [-0.2, 0) is 21.4 Å². The SMILES string of the molecule is COc1cccc(-c2noc(COC(=O)c3ccc(Cl)c(S(N)(=O)=O)c3)n2)c1. The van der Waals surface area contributed by atoms with E-state index < -0.39 is 16.0 Å². The maximum absolute atomic E-state index is 12.2. The summed E-state index contributed by atoms with van der Waals surface area (Å²) in [6.07, 6.45) is 0. The van der Waals surface area contributed by atoms with Crippen molar-refractivity contribution in [1.82, 2.24) is 10.1 Å². The van der Waals surface area contributed by atoms with E-state index in [1.165, 1.54) is 19.2 Å². The molecule has 0 radical (unpaired) electrons. The van der Waals surface area contributed by atoms with Crippen LogP contribution in [0, 0.1) is 0 Å². The maximum Gasteiger partial charge on any atom is 0.338 e. The van der Waals surface area contributed by atoms with Gasteiger partial charge in [0.05, 0.1) is 17.7 Å². The predicted octanol–water partition coefficient (Wildman–Crippen LogP) is 2.40. The molecule has 3 rings (SSSR count). The first-order chi connectivity index (χ1) is 13.3. The van der Waals surface area contributed by atoms with E-state index >= 15 is 0 Å². The van der Waals surface area contributed by atoms with Crippen molar-refractivity contribution in [3.05, 3.63) is 58.9 Å². The second kappa shape index (κ2) is 7.97. The summed E-state index contributed by atoms with van der Waals surface area (Å²) in [5.74, 6) is 0.186. The van der Waals surface area contributed by atoms with Gasteiger partial charge in [-0.2, -0.15) is 4.98 Å². The molecule has 1 aromatic heterocycles. The van der Waals surface area contributed by atoms with Crippen molar-refractivity contribution in [3.63, 3.8) is 0 Å². The summed E-state index contributed by atoms with van der Waals surface area (Å²) in [5.41, 5.74) is 0.622. The van der Waals surface area contributed by atoms with Crippen LogP contribution in [0.2, 0.25) is 5.02 Å². The highest BCUT2D eigenvalue weighted by Gasteiger charge is 2.18. The Morgan fingerprint density at radius 3 is 2.75 bits per heavy atom. The highest BCUT2D eigenvalue weighted by Crippen LogP contribution is 2.23. The Labute approximate surface area is 165 Å². The van der Waals surface area contributed by atoms with Crippen molar-refractivity contribution in [3.8, 4) is 17.1 Å². The molecule has 1 heterocycles. The van der Waals surface area contributed by atoms with Crippen LogP contribution >= 0.6 is 11.6 Å². The summed E-state index contributed by atoms with van der Waals surface area (Å²) in [4.78, 5) is 15.9. The second-order valence-electron chi connectivity index (χ2n) is 5.51. The molecule has 0 saturated heterocycles. The monoisotopic (exact) mass is 423 g/mol. The van der Waals surface area contributed by atoms with Gasteiger partial charge in [-0.3, -0.25) is 0 Å². The van der Waals surface area contributed by atoms with E-state index in [1.54, 1.807) is 24.3 Å². The van der Waals surface area contributed by atoms with E-state index in [0.717, 1.165) is 6.07 Å². The van der Waals surface area contributed by atoms with Crippen LogP contribution in [0.25, 0.3) is 11.4 Å². The predicted molar refractivity (Wildman–Crippen MR) is 98.2 cm³/mol. The molecule has 0 fully saturated rings. The molecule has 28 heavy (non-hydrogen) atoms. The third-order valence-electron chi connectivity index (χ3n) is 3.60. The van der Waals surface area contributed by atoms with Gasteiger partial charge in [0.15, 0.2) is 6.61 Å². The van der Waals surface area contributed by atoms with Crippen LogP contribution in [0.4, 0.5) is 0 Å². The van der Waals surface area contributed by atoms with Crippen LogP contribution in [0.5, 0.6) is 5.75 Å². The van der Waals surface area contributed by atoms with Gasteiger partial charge in [0.2, 0.25) is 15.8 Å². The minimum atomic E-state index is -4.08. The van der Waals surface area contributed by atoms with E-state index in [1.807, 2.05) is 0 Å². The molecule has 2 aromatic carbocycles. The average Bonchev–Trinajstić information content (AvgIpc) is 3.14. The van der Waals surface area contributed by atoms with Gasteiger partial charge in [-0.05, 0) is 30.3 Å². The van der Waals surface area contributed by atoms with Crippen molar-refractivity contribution >= 4 is 27.6 Å². The number of benzene rings is 2. The van der Waals surface area contributed by atoms with Gasteiger partial charge in [-0.1, -0.05) is 28.9 Å². The number of carbonyl (C=O) groups is 1. The smallest absolute Gasteiger partial charge is 0.338 e. The second-order valence-corrected chi connectivity index (χ2v) is 7.45. The fourth-order valence-corrected chi connectivity index (χ4v) is 3.32.